The van der Waals surface area contributed by atoms with Crippen molar-refractivity contribution in [3.8, 4) is 11.6 Å². The first kappa shape index (κ1) is 20.2. The van der Waals surface area contributed by atoms with Crippen molar-refractivity contribution in [2.75, 3.05) is 24.5 Å². The number of aryl methyl sites for hydroxylation is 1. The summed E-state index contributed by atoms with van der Waals surface area (Å²) in [6.07, 6.45) is 1.50. The summed E-state index contributed by atoms with van der Waals surface area (Å²) in [5.74, 6) is 1.97. The van der Waals surface area contributed by atoms with E-state index in [4.69, 9.17) is 16.3 Å². The van der Waals surface area contributed by atoms with E-state index < -0.39 is 0 Å². The van der Waals surface area contributed by atoms with Gasteiger partial charge >= 0.3 is 0 Å². The number of aromatic nitrogens is 2. The molecule has 0 saturated carbocycles. The number of carbonyl (C=O) groups is 1. The summed E-state index contributed by atoms with van der Waals surface area (Å²) in [6.45, 7) is 6.09. The predicted octanol–water partition coefficient (Wildman–Crippen LogP) is 4.58. The zero-order valence-electron chi connectivity index (χ0n) is 17.0. The maximum Gasteiger partial charge on any atom is 0.254 e. The highest BCUT2D eigenvalue weighted by Gasteiger charge is 2.29. The largest absolute Gasteiger partial charge is 0.439 e. The van der Waals surface area contributed by atoms with E-state index in [2.05, 4.69) is 21.8 Å². The maximum atomic E-state index is 12.9. The molecule has 0 spiro atoms. The number of ether oxygens (including phenoxy) is 1. The quantitative estimate of drug-likeness (QED) is 0.615. The minimum absolute atomic E-state index is 0.0585. The van der Waals surface area contributed by atoms with Crippen LogP contribution in [0.2, 0.25) is 5.02 Å². The Balaban J connectivity index is 1.43. The fourth-order valence-electron chi connectivity index (χ4n) is 3.51. The van der Waals surface area contributed by atoms with Gasteiger partial charge in [-0.15, -0.1) is 0 Å². The van der Waals surface area contributed by atoms with Crippen LogP contribution in [-0.4, -0.2) is 46.5 Å². The molecule has 0 radical (unpaired) electrons. The van der Waals surface area contributed by atoms with E-state index >= 15 is 0 Å². The Bertz CT molecular complexity index is 1020. The number of anilines is 1. The van der Waals surface area contributed by atoms with E-state index in [0.717, 1.165) is 16.9 Å². The van der Waals surface area contributed by atoms with Crippen LogP contribution in [0.3, 0.4) is 0 Å². The topological polar surface area (TPSA) is 58.6 Å². The van der Waals surface area contributed by atoms with E-state index in [1.807, 2.05) is 42.2 Å². The summed E-state index contributed by atoms with van der Waals surface area (Å²) in [4.78, 5) is 25.6. The lowest BCUT2D eigenvalue weighted by molar-refractivity contribution is 0.0673. The summed E-state index contributed by atoms with van der Waals surface area (Å²) >= 11 is 5.92. The fourth-order valence-corrected chi connectivity index (χ4v) is 3.64. The average Bonchev–Trinajstić information content (AvgIpc) is 2.75. The van der Waals surface area contributed by atoms with Gasteiger partial charge in [0.05, 0.1) is 0 Å². The molecule has 30 heavy (non-hydrogen) atoms. The molecular weight excluding hydrogens is 400 g/mol. The molecule has 1 saturated heterocycles. The van der Waals surface area contributed by atoms with E-state index in [1.165, 1.54) is 6.33 Å². The molecule has 6 nitrogen and oxygen atoms in total. The number of rotatable bonds is 4. The lowest BCUT2D eigenvalue weighted by Gasteiger charge is -2.40. The molecule has 3 aromatic rings. The Morgan fingerprint density at radius 1 is 1.07 bits per heavy atom. The second-order valence-corrected chi connectivity index (χ2v) is 7.87. The molecule has 4 rings (SSSR count). The fraction of sp³-hybridized carbons (Fsp3) is 0.261. The number of amides is 1. The van der Waals surface area contributed by atoms with Crippen molar-refractivity contribution in [1.82, 2.24) is 14.9 Å². The van der Waals surface area contributed by atoms with Crippen LogP contribution in [0.15, 0.2) is 60.9 Å². The van der Waals surface area contributed by atoms with Gasteiger partial charge < -0.3 is 14.5 Å². The van der Waals surface area contributed by atoms with Gasteiger partial charge in [-0.1, -0.05) is 29.3 Å². The van der Waals surface area contributed by atoms with Crippen molar-refractivity contribution in [3.63, 3.8) is 0 Å². The van der Waals surface area contributed by atoms with Crippen LogP contribution >= 0.6 is 11.6 Å². The van der Waals surface area contributed by atoms with Gasteiger partial charge in [0.2, 0.25) is 5.88 Å². The van der Waals surface area contributed by atoms with Crippen molar-refractivity contribution in [2.45, 2.75) is 19.9 Å². The van der Waals surface area contributed by atoms with E-state index in [0.29, 0.717) is 36.3 Å². The van der Waals surface area contributed by atoms with Gasteiger partial charge in [0, 0.05) is 42.3 Å². The molecule has 2 heterocycles. The molecule has 154 valence electrons. The highest BCUT2D eigenvalue weighted by atomic mass is 35.5. The molecule has 1 aliphatic rings. The highest BCUT2D eigenvalue weighted by Crippen LogP contribution is 2.25. The first-order valence-corrected chi connectivity index (χ1v) is 10.3. The third kappa shape index (κ3) is 4.54. The molecular formula is C23H23ClN4O2. The Kier molecular flexibility index (Phi) is 5.86. The Morgan fingerprint density at radius 2 is 1.80 bits per heavy atom. The number of benzene rings is 2. The smallest absolute Gasteiger partial charge is 0.254 e. The van der Waals surface area contributed by atoms with Crippen LogP contribution in [0, 0.1) is 6.92 Å². The zero-order chi connectivity index (χ0) is 21.1. The van der Waals surface area contributed by atoms with Crippen molar-refractivity contribution in [1.29, 1.82) is 0 Å². The van der Waals surface area contributed by atoms with Crippen LogP contribution < -0.4 is 9.64 Å². The minimum atomic E-state index is 0.0585. The summed E-state index contributed by atoms with van der Waals surface area (Å²) in [5, 5.41) is 0.651. The van der Waals surface area contributed by atoms with E-state index in [1.54, 1.807) is 24.3 Å². The van der Waals surface area contributed by atoms with Crippen LogP contribution in [0.4, 0.5) is 5.82 Å². The van der Waals surface area contributed by atoms with E-state index in [9.17, 15) is 4.79 Å². The Hall–Kier alpha value is -3.12. The maximum absolute atomic E-state index is 12.9. The standard InChI is InChI=1S/C23H23ClN4O2/c1-16-3-5-18(6-4-16)23(29)28-12-11-27(14-17(28)2)21-13-22(26-15-25-21)30-20-9-7-19(24)8-10-20/h3-10,13,15,17H,11-12,14H2,1-2H3. The molecule has 1 atom stereocenters. The van der Waals surface area contributed by atoms with Gasteiger partial charge in [0.25, 0.3) is 5.91 Å². The van der Waals surface area contributed by atoms with Crippen LogP contribution in [0.5, 0.6) is 11.6 Å². The summed E-state index contributed by atoms with van der Waals surface area (Å²) in [6, 6.07) is 16.7. The van der Waals surface area contributed by atoms with Crippen molar-refractivity contribution in [3.05, 3.63) is 77.1 Å². The normalized spacial score (nSPS) is 16.4. The number of carbonyl (C=O) groups excluding carboxylic acids is 1. The number of nitrogens with zero attached hydrogens (tertiary/aromatic N) is 4. The molecule has 1 amide bonds. The lowest BCUT2D eigenvalue weighted by Crippen LogP contribution is -2.54. The Morgan fingerprint density at radius 3 is 2.50 bits per heavy atom. The molecule has 7 heteroatoms. The van der Waals surface area contributed by atoms with Gasteiger partial charge in [0.1, 0.15) is 17.9 Å². The van der Waals surface area contributed by atoms with Gasteiger partial charge in [-0.3, -0.25) is 4.79 Å². The molecule has 1 unspecified atom stereocenters. The molecule has 0 aliphatic carbocycles. The number of hydrogen-bond donors (Lipinski definition) is 0. The molecule has 1 aromatic heterocycles. The molecule has 1 fully saturated rings. The van der Waals surface area contributed by atoms with Gasteiger partial charge in [-0.2, -0.15) is 0 Å². The number of piperazine rings is 1. The third-order valence-corrected chi connectivity index (χ3v) is 5.43. The second-order valence-electron chi connectivity index (χ2n) is 7.43. The first-order valence-electron chi connectivity index (χ1n) is 9.87. The Labute approximate surface area is 181 Å². The van der Waals surface area contributed by atoms with Gasteiger partial charge in [-0.25, -0.2) is 9.97 Å². The SMILES string of the molecule is Cc1ccc(C(=O)N2CCN(c3cc(Oc4ccc(Cl)cc4)ncn3)CC2C)cc1. The third-order valence-electron chi connectivity index (χ3n) is 5.17. The van der Waals surface area contributed by atoms with Crippen molar-refractivity contribution < 1.29 is 9.53 Å². The number of hydrogen-bond acceptors (Lipinski definition) is 5. The summed E-state index contributed by atoms with van der Waals surface area (Å²) in [7, 11) is 0. The number of halogens is 1. The predicted molar refractivity (Wildman–Crippen MR) is 117 cm³/mol. The highest BCUT2D eigenvalue weighted by molar-refractivity contribution is 6.30. The molecule has 0 bridgehead atoms. The second kappa shape index (κ2) is 8.71. The van der Waals surface area contributed by atoms with Crippen molar-refractivity contribution in [2.24, 2.45) is 0 Å². The van der Waals surface area contributed by atoms with Crippen LogP contribution in [-0.2, 0) is 0 Å². The molecule has 1 aliphatic heterocycles. The van der Waals surface area contributed by atoms with E-state index in [-0.39, 0.29) is 11.9 Å². The molecule has 0 N–H and O–H groups in total. The first-order chi connectivity index (χ1) is 14.5. The van der Waals surface area contributed by atoms with Gasteiger partial charge in [-0.05, 0) is 50.2 Å². The minimum Gasteiger partial charge on any atom is -0.439 e. The monoisotopic (exact) mass is 422 g/mol. The molecule has 2 aromatic carbocycles. The van der Waals surface area contributed by atoms with Gasteiger partial charge in [0.15, 0.2) is 0 Å². The zero-order valence-corrected chi connectivity index (χ0v) is 17.7. The van der Waals surface area contributed by atoms with Crippen LogP contribution in [0.1, 0.15) is 22.8 Å². The van der Waals surface area contributed by atoms with Crippen molar-refractivity contribution >= 4 is 23.3 Å². The van der Waals surface area contributed by atoms with Crippen LogP contribution in [0.25, 0.3) is 0 Å². The summed E-state index contributed by atoms with van der Waals surface area (Å²) < 4.78 is 5.82. The lowest BCUT2D eigenvalue weighted by atomic mass is 10.1. The average molecular weight is 423 g/mol. The summed E-state index contributed by atoms with van der Waals surface area (Å²) in [5.41, 5.74) is 1.87.